The van der Waals surface area contributed by atoms with Crippen LogP contribution in [0.15, 0.2) is 34.7 Å². The molecular formula is C18H19F2NO5. The topological polar surface area (TPSA) is 88.8 Å². The number of amides is 1. The summed E-state index contributed by atoms with van der Waals surface area (Å²) in [5, 5.41) is 11.5. The molecule has 8 heteroatoms. The molecule has 140 valence electrons. The molecule has 0 saturated carbocycles. The number of carbonyl (C=O) groups excluding carboxylic acids is 1. The minimum absolute atomic E-state index is 0.0460. The van der Waals surface area contributed by atoms with Gasteiger partial charge in [0.25, 0.3) is 0 Å². The molecule has 1 aromatic heterocycles. The van der Waals surface area contributed by atoms with E-state index >= 15 is 0 Å². The second-order valence-electron chi connectivity index (χ2n) is 6.63. The van der Waals surface area contributed by atoms with Gasteiger partial charge in [-0.25, -0.2) is 18.4 Å². The van der Waals surface area contributed by atoms with Crippen LogP contribution >= 0.6 is 0 Å². The molecule has 2 rings (SSSR count). The van der Waals surface area contributed by atoms with Gasteiger partial charge in [0, 0.05) is 12.5 Å². The monoisotopic (exact) mass is 367 g/mol. The van der Waals surface area contributed by atoms with Crippen molar-refractivity contribution in [3.05, 3.63) is 47.7 Å². The third-order valence-corrected chi connectivity index (χ3v) is 3.25. The van der Waals surface area contributed by atoms with E-state index in [2.05, 4.69) is 5.32 Å². The van der Waals surface area contributed by atoms with Crippen LogP contribution in [0.3, 0.4) is 0 Å². The predicted octanol–water partition coefficient (Wildman–Crippen LogP) is 3.75. The van der Waals surface area contributed by atoms with Crippen molar-refractivity contribution >= 4 is 12.1 Å². The van der Waals surface area contributed by atoms with Crippen molar-refractivity contribution in [3.8, 4) is 11.3 Å². The van der Waals surface area contributed by atoms with E-state index < -0.39 is 35.3 Å². The molecule has 1 unspecified atom stereocenters. The van der Waals surface area contributed by atoms with Gasteiger partial charge in [-0.3, -0.25) is 0 Å². The number of benzene rings is 1. The standard InChI is InChI=1S/C18H19F2NO5/c1-18(2,3)26-17(24)21-14(16(22)23)9-11-5-7-15(25-11)12-6-4-10(19)8-13(12)20/h4-8,14H,9H2,1-3H3,(H,21,24)(H,22,23). The maximum absolute atomic E-state index is 13.8. The second-order valence-corrected chi connectivity index (χ2v) is 6.63. The summed E-state index contributed by atoms with van der Waals surface area (Å²) in [5.74, 6) is -2.45. The molecule has 0 fully saturated rings. The Labute approximate surface area is 148 Å². The largest absolute Gasteiger partial charge is 0.480 e. The molecule has 1 aromatic carbocycles. The van der Waals surface area contributed by atoms with E-state index in [0.717, 1.165) is 12.1 Å². The first-order valence-electron chi connectivity index (χ1n) is 7.81. The number of aliphatic carboxylic acids is 1. The molecule has 6 nitrogen and oxygen atoms in total. The quantitative estimate of drug-likeness (QED) is 0.840. The van der Waals surface area contributed by atoms with Crippen LogP contribution in [0.5, 0.6) is 0 Å². The fraction of sp³-hybridized carbons (Fsp3) is 0.333. The number of hydrogen-bond acceptors (Lipinski definition) is 4. The van der Waals surface area contributed by atoms with Crippen molar-refractivity contribution in [2.24, 2.45) is 0 Å². The lowest BCUT2D eigenvalue weighted by atomic mass is 10.1. The Kier molecular flexibility index (Phi) is 5.64. The van der Waals surface area contributed by atoms with Gasteiger partial charge in [0.2, 0.25) is 0 Å². The molecule has 0 aliphatic heterocycles. The van der Waals surface area contributed by atoms with Crippen LogP contribution in [-0.2, 0) is 16.0 Å². The zero-order valence-corrected chi connectivity index (χ0v) is 14.5. The molecule has 1 atom stereocenters. The number of carbonyl (C=O) groups is 2. The summed E-state index contributed by atoms with van der Waals surface area (Å²) in [6, 6.07) is 4.65. The summed E-state index contributed by atoms with van der Waals surface area (Å²) in [7, 11) is 0. The Morgan fingerprint density at radius 1 is 1.23 bits per heavy atom. The average Bonchev–Trinajstić information content (AvgIpc) is 2.92. The zero-order valence-electron chi connectivity index (χ0n) is 14.5. The van der Waals surface area contributed by atoms with Gasteiger partial charge in [0.1, 0.15) is 34.8 Å². The predicted molar refractivity (Wildman–Crippen MR) is 88.6 cm³/mol. The Morgan fingerprint density at radius 3 is 2.50 bits per heavy atom. The van der Waals surface area contributed by atoms with E-state index in [1.54, 1.807) is 20.8 Å². The molecule has 1 heterocycles. The van der Waals surface area contributed by atoms with Crippen LogP contribution in [-0.4, -0.2) is 28.8 Å². The smallest absolute Gasteiger partial charge is 0.408 e. The van der Waals surface area contributed by atoms with Gasteiger partial charge in [-0.05, 0) is 45.0 Å². The highest BCUT2D eigenvalue weighted by atomic mass is 19.1. The molecule has 0 aliphatic rings. The number of carboxylic acids is 1. The molecule has 2 N–H and O–H groups in total. The lowest BCUT2D eigenvalue weighted by Crippen LogP contribution is -2.44. The third kappa shape index (κ3) is 5.30. The number of furan rings is 1. The third-order valence-electron chi connectivity index (χ3n) is 3.25. The lowest BCUT2D eigenvalue weighted by molar-refractivity contribution is -0.139. The van der Waals surface area contributed by atoms with E-state index in [9.17, 15) is 23.5 Å². The van der Waals surface area contributed by atoms with E-state index in [1.807, 2.05) is 0 Å². The van der Waals surface area contributed by atoms with E-state index in [4.69, 9.17) is 9.15 Å². The normalized spacial score (nSPS) is 12.5. The van der Waals surface area contributed by atoms with Gasteiger partial charge in [-0.2, -0.15) is 0 Å². The molecule has 0 bridgehead atoms. The first kappa shape index (κ1) is 19.4. The van der Waals surface area contributed by atoms with E-state index in [1.165, 1.54) is 18.2 Å². The highest BCUT2D eigenvalue weighted by Gasteiger charge is 2.25. The second kappa shape index (κ2) is 7.55. The minimum atomic E-state index is -1.29. The fourth-order valence-corrected chi connectivity index (χ4v) is 2.17. The summed E-state index contributed by atoms with van der Waals surface area (Å²) in [4.78, 5) is 23.1. The van der Waals surface area contributed by atoms with Crippen molar-refractivity contribution < 1.29 is 32.6 Å². The fourth-order valence-electron chi connectivity index (χ4n) is 2.17. The summed E-state index contributed by atoms with van der Waals surface area (Å²) >= 11 is 0. The molecular weight excluding hydrogens is 348 g/mol. The van der Waals surface area contributed by atoms with Crippen LogP contribution in [0.1, 0.15) is 26.5 Å². The summed E-state index contributed by atoms with van der Waals surface area (Å²) in [6.45, 7) is 4.95. The average molecular weight is 367 g/mol. The van der Waals surface area contributed by atoms with Crippen LogP contribution < -0.4 is 5.32 Å². The number of carboxylic acid groups (broad SMARTS) is 1. The molecule has 0 aliphatic carbocycles. The number of alkyl carbamates (subject to hydrolysis) is 1. The van der Waals surface area contributed by atoms with Crippen molar-refractivity contribution in [1.82, 2.24) is 5.32 Å². The molecule has 0 spiro atoms. The van der Waals surface area contributed by atoms with Crippen LogP contribution in [0.2, 0.25) is 0 Å². The Balaban J connectivity index is 2.11. The highest BCUT2D eigenvalue weighted by molar-refractivity contribution is 5.80. The maximum atomic E-state index is 13.8. The summed E-state index contributed by atoms with van der Waals surface area (Å²) in [5.41, 5.74) is -0.727. The van der Waals surface area contributed by atoms with Gasteiger partial charge in [0.15, 0.2) is 0 Å². The number of nitrogens with one attached hydrogen (secondary N) is 1. The van der Waals surface area contributed by atoms with Crippen LogP contribution in [0.4, 0.5) is 13.6 Å². The van der Waals surface area contributed by atoms with Crippen molar-refractivity contribution in [3.63, 3.8) is 0 Å². The summed E-state index contributed by atoms with van der Waals surface area (Å²) in [6.07, 6.45) is -1.04. The van der Waals surface area contributed by atoms with Crippen molar-refractivity contribution in [1.29, 1.82) is 0 Å². The SMILES string of the molecule is CC(C)(C)OC(=O)NC(Cc1ccc(-c2ccc(F)cc2F)o1)C(=O)O. The lowest BCUT2D eigenvalue weighted by Gasteiger charge is -2.21. The van der Waals surface area contributed by atoms with Gasteiger partial charge in [0.05, 0.1) is 5.56 Å². The maximum Gasteiger partial charge on any atom is 0.408 e. The number of hydrogen-bond donors (Lipinski definition) is 2. The van der Waals surface area contributed by atoms with Gasteiger partial charge in [-0.1, -0.05) is 0 Å². The number of halogens is 2. The molecule has 2 aromatic rings. The first-order chi connectivity index (χ1) is 12.0. The first-order valence-corrected chi connectivity index (χ1v) is 7.81. The van der Waals surface area contributed by atoms with Crippen LogP contribution in [0.25, 0.3) is 11.3 Å². The molecule has 0 saturated heterocycles. The molecule has 26 heavy (non-hydrogen) atoms. The van der Waals surface area contributed by atoms with E-state index in [0.29, 0.717) is 0 Å². The highest BCUT2D eigenvalue weighted by Crippen LogP contribution is 2.26. The molecule has 0 radical (unpaired) electrons. The van der Waals surface area contributed by atoms with Gasteiger partial charge < -0.3 is 19.6 Å². The van der Waals surface area contributed by atoms with Crippen molar-refractivity contribution in [2.75, 3.05) is 0 Å². The zero-order chi connectivity index (χ0) is 19.5. The minimum Gasteiger partial charge on any atom is -0.480 e. The van der Waals surface area contributed by atoms with Crippen LogP contribution in [0, 0.1) is 11.6 Å². The van der Waals surface area contributed by atoms with Gasteiger partial charge >= 0.3 is 12.1 Å². The number of rotatable bonds is 5. The Morgan fingerprint density at radius 2 is 1.92 bits per heavy atom. The Hall–Kier alpha value is -2.90. The van der Waals surface area contributed by atoms with Gasteiger partial charge in [-0.15, -0.1) is 0 Å². The number of ether oxygens (including phenoxy) is 1. The van der Waals surface area contributed by atoms with E-state index in [-0.39, 0.29) is 23.5 Å². The van der Waals surface area contributed by atoms with Crippen molar-refractivity contribution in [2.45, 2.75) is 38.8 Å². The Bertz CT molecular complexity index is 810. The summed E-state index contributed by atoms with van der Waals surface area (Å²) < 4.78 is 37.2. The molecule has 1 amide bonds.